The third-order valence-electron chi connectivity index (χ3n) is 4.17. The van der Waals surface area contributed by atoms with Crippen molar-refractivity contribution in [3.8, 4) is 0 Å². The Morgan fingerprint density at radius 2 is 2.17 bits per heavy atom. The fraction of sp³-hybridized carbons (Fsp3) is 0.353. The molecule has 0 bridgehead atoms. The number of carbonyl (C=O) groups is 2. The molecule has 0 aliphatic carbocycles. The van der Waals surface area contributed by atoms with Gasteiger partial charge in [0.15, 0.2) is 0 Å². The quantitative estimate of drug-likeness (QED) is 0.804. The summed E-state index contributed by atoms with van der Waals surface area (Å²) in [6.07, 6.45) is 3.90. The Balaban J connectivity index is 1.58. The molecule has 1 aromatic carbocycles. The number of para-hydroxylation sites is 1. The van der Waals surface area contributed by atoms with Gasteiger partial charge in [0.1, 0.15) is 6.04 Å². The highest BCUT2D eigenvalue weighted by atomic mass is 16.2. The smallest absolute Gasteiger partial charge is 0.241 e. The molecule has 1 atom stereocenters. The number of hydrogen-bond donors (Lipinski definition) is 2. The van der Waals surface area contributed by atoms with Crippen LogP contribution in [0.5, 0.6) is 0 Å². The number of rotatable bonds is 6. The number of hydrogen-bond acceptors (Lipinski definition) is 4. The average molecular weight is 327 g/mol. The Bertz CT molecular complexity index is 755. The van der Waals surface area contributed by atoms with E-state index in [9.17, 15) is 9.59 Å². The SMILES string of the molecule is CNC(C(=O)NCCN1C(=O)Cc2ccccc21)c1cnn(C)c1. The summed E-state index contributed by atoms with van der Waals surface area (Å²) in [6, 6.07) is 7.30. The zero-order valence-electron chi connectivity index (χ0n) is 13.8. The number of anilines is 1. The maximum Gasteiger partial charge on any atom is 0.241 e. The molecule has 7 nitrogen and oxygen atoms in total. The first-order valence-electron chi connectivity index (χ1n) is 7.92. The van der Waals surface area contributed by atoms with E-state index in [1.54, 1.807) is 29.0 Å². The van der Waals surface area contributed by atoms with Gasteiger partial charge < -0.3 is 15.5 Å². The molecule has 126 valence electrons. The van der Waals surface area contributed by atoms with Crippen LogP contribution in [-0.4, -0.2) is 41.7 Å². The summed E-state index contributed by atoms with van der Waals surface area (Å²) in [5.41, 5.74) is 2.78. The molecule has 24 heavy (non-hydrogen) atoms. The van der Waals surface area contributed by atoms with Crippen LogP contribution < -0.4 is 15.5 Å². The van der Waals surface area contributed by atoms with Crippen LogP contribution in [-0.2, 0) is 23.1 Å². The monoisotopic (exact) mass is 327 g/mol. The highest BCUT2D eigenvalue weighted by molar-refractivity contribution is 6.01. The summed E-state index contributed by atoms with van der Waals surface area (Å²) in [4.78, 5) is 26.2. The summed E-state index contributed by atoms with van der Waals surface area (Å²) < 4.78 is 1.66. The largest absolute Gasteiger partial charge is 0.353 e. The van der Waals surface area contributed by atoms with E-state index in [-0.39, 0.29) is 11.8 Å². The molecule has 0 saturated carbocycles. The number of nitrogens with zero attached hydrogens (tertiary/aromatic N) is 3. The van der Waals surface area contributed by atoms with Gasteiger partial charge >= 0.3 is 0 Å². The molecule has 1 aliphatic heterocycles. The van der Waals surface area contributed by atoms with E-state index in [1.165, 1.54) is 0 Å². The first kappa shape index (κ1) is 16.2. The van der Waals surface area contributed by atoms with Crippen LogP contribution >= 0.6 is 0 Å². The molecule has 1 aliphatic rings. The van der Waals surface area contributed by atoms with Crippen molar-refractivity contribution >= 4 is 17.5 Å². The van der Waals surface area contributed by atoms with Crippen molar-refractivity contribution in [3.63, 3.8) is 0 Å². The van der Waals surface area contributed by atoms with Crippen molar-refractivity contribution in [2.24, 2.45) is 7.05 Å². The summed E-state index contributed by atoms with van der Waals surface area (Å²) in [5.74, 6) is -0.0618. The van der Waals surface area contributed by atoms with Gasteiger partial charge in [-0.1, -0.05) is 18.2 Å². The summed E-state index contributed by atoms with van der Waals surface area (Å²) in [5, 5.41) is 9.97. The second kappa shape index (κ2) is 6.84. The highest BCUT2D eigenvalue weighted by Crippen LogP contribution is 2.27. The number of fused-ring (bicyclic) bond motifs is 1. The normalized spacial score (nSPS) is 14.6. The number of benzene rings is 1. The van der Waals surface area contributed by atoms with E-state index in [0.717, 1.165) is 16.8 Å². The Morgan fingerprint density at radius 1 is 1.38 bits per heavy atom. The molecule has 0 fully saturated rings. The van der Waals surface area contributed by atoms with Gasteiger partial charge in [-0.15, -0.1) is 0 Å². The molecule has 2 heterocycles. The minimum Gasteiger partial charge on any atom is -0.353 e. The standard InChI is InChI=1S/C17H21N5O2/c1-18-16(13-10-20-21(2)11-13)17(24)19-7-8-22-14-6-4-3-5-12(14)9-15(22)23/h3-6,10-11,16,18H,7-9H2,1-2H3,(H,19,24). The Labute approximate surface area is 140 Å². The molecule has 2 N–H and O–H groups in total. The van der Waals surface area contributed by atoms with Crippen LogP contribution in [0.15, 0.2) is 36.7 Å². The molecule has 1 unspecified atom stereocenters. The molecule has 0 radical (unpaired) electrons. The van der Waals surface area contributed by atoms with Crippen LogP contribution in [0.2, 0.25) is 0 Å². The third kappa shape index (κ3) is 3.16. The number of likely N-dealkylation sites (N-methyl/N-ethyl adjacent to an activating group) is 1. The van der Waals surface area contributed by atoms with Crippen LogP contribution in [0.25, 0.3) is 0 Å². The van der Waals surface area contributed by atoms with Gasteiger partial charge in [-0.25, -0.2) is 0 Å². The molecule has 7 heteroatoms. The van der Waals surface area contributed by atoms with E-state index in [1.807, 2.05) is 31.3 Å². The van der Waals surface area contributed by atoms with Crippen molar-refractivity contribution in [1.29, 1.82) is 0 Å². The number of amides is 2. The third-order valence-corrected chi connectivity index (χ3v) is 4.17. The fourth-order valence-corrected chi connectivity index (χ4v) is 2.99. The van der Waals surface area contributed by atoms with E-state index < -0.39 is 6.04 Å². The van der Waals surface area contributed by atoms with Crippen LogP contribution in [0.1, 0.15) is 17.2 Å². The van der Waals surface area contributed by atoms with Gasteiger partial charge in [-0.05, 0) is 18.7 Å². The molecule has 2 aromatic rings. The lowest BCUT2D eigenvalue weighted by Crippen LogP contribution is -2.41. The second-order valence-electron chi connectivity index (χ2n) is 5.81. The highest BCUT2D eigenvalue weighted by Gasteiger charge is 2.26. The van der Waals surface area contributed by atoms with Crippen molar-refractivity contribution in [2.75, 3.05) is 25.0 Å². The minimum absolute atomic E-state index is 0.0721. The lowest BCUT2D eigenvalue weighted by molar-refractivity contribution is -0.123. The van der Waals surface area contributed by atoms with E-state index in [4.69, 9.17) is 0 Å². The van der Waals surface area contributed by atoms with Gasteiger partial charge in [0.25, 0.3) is 0 Å². The van der Waals surface area contributed by atoms with Crippen LogP contribution in [0.3, 0.4) is 0 Å². The van der Waals surface area contributed by atoms with E-state index in [0.29, 0.717) is 19.5 Å². The Morgan fingerprint density at radius 3 is 2.88 bits per heavy atom. The predicted octanol–water partition coefficient (Wildman–Crippen LogP) is 0.386. The number of nitrogens with one attached hydrogen (secondary N) is 2. The van der Waals surface area contributed by atoms with E-state index >= 15 is 0 Å². The Kier molecular flexibility index (Phi) is 4.61. The summed E-state index contributed by atoms with van der Waals surface area (Å²) in [7, 11) is 3.54. The molecule has 2 amide bonds. The predicted molar refractivity (Wildman–Crippen MR) is 90.5 cm³/mol. The topological polar surface area (TPSA) is 79.3 Å². The molecular weight excluding hydrogens is 306 g/mol. The molecule has 0 saturated heterocycles. The van der Waals surface area contributed by atoms with Gasteiger partial charge in [-0.2, -0.15) is 5.10 Å². The molecule has 1 aromatic heterocycles. The minimum atomic E-state index is -0.458. The molecular formula is C17H21N5O2. The van der Waals surface area contributed by atoms with Crippen molar-refractivity contribution < 1.29 is 9.59 Å². The maximum absolute atomic E-state index is 12.4. The van der Waals surface area contributed by atoms with Gasteiger partial charge in [-0.3, -0.25) is 14.3 Å². The second-order valence-corrected chi connectivity index (χ2v) is 5.81. The number of aryl methyl sites for hydroxylation is 1. The maximum atomic E-state index is 12.4. The van der Waals surface area contributed by atoms with Crippen LogP contribution in [0, 0.1) is 0 Å². The zero-order chi connectivity index (χ0) is 17.1. The van der Waals surface area contributed by atoms with Gasteiger partial charge in [0.2, 0.25) is 11.8 Å². The van der Waals surface area contributed by atoms with Crippen molar-refractivity contribution in [3.05, 3.63) is 47.8 Å². The summed E-state index contributed by atoms with van der Waals surface area (Å²) >= 11 is 0. The fourth-order valence-electron chi connectivity index (χ4n) is 2.99. The lowest BCUT2D eigenvalue weighted by Gasteiger charge is -2.19. The average Bonchev–Trinajstić information content (AvgIpc) is 3.12. The Hall–Kier alpha value is -2.67. The number of carbonyl (C=O) groups excluding carboxylic acids is 2. The van der Waals surface area contributed by atoms with Gasteiger partial charge in [0, 0.05) is 37.6 Å². The molecule has 0 spiro atoms. The zero-order valence-corrected chi connectivity index (χ0v) is 13.8. The van der Waals surface area contributed by atoms with Crippen molar-refractivity contribution in [2.45, 2.75) is 12.5 Å². The lowest BCUT2D eigenvalue weighted by atomic mass is 10.1. The van der Waals surface area contributed by atoms with Gasteiger partial charge in [0.05, 0.1) is 12.6 Å². The van der Waals surface area contributed by atoms with Crippen LogP contribution in [0.4, 0.5) is 5.69 Å². The van der Waals surface area contributed by atoms with Crippen molar-refractivity contribution in [1.82, 2.24) is 20.4 Å². The first-order chi connectivity index (χ1) is 11.6. The summed E-state index contributed by atoms with van der Waals surface area (Å²) in [6.45, 7) is 0.864. The first-order valence-corrected chi connectivity index (χ1v) is 7.92. The van der Waals surface area contributed by atoms with E-state index in [2.05, 4.69) is 15.7 Å². The molecule has 3 rings (SSSR count). The number of aromatic nitrogens is 2.